The van der Waals surface area contributed by atoms with Gasteiger partial charge in [-0.05, 0) is 48.7 Å². The summed E-state index contributed by atoms with van der Waals surface area (Å²) in [5, 5.41) is 0. The summed E-state index contributed by atoms with van der Waals surface area (Å²) in [6.45, 7) is 4.99. The van der Waals surface area contributed by atoms with Crippen LogP contribution in [0.2, 0.25) is 0 Å². The lowest BCUT2D eigenvalue weighted by atomic mass is 9.99. The normalized spacial score (nSPS) is 17.6. The van der Waals surface area contributed by atoms with Crippen molar-refractivity contribution in [3.63, 3.8) is 0 Å². The molecule has 0 aromatic heterocycles. The predicted molar refractivity (Wildman–Crippen MR) is 86.7 cm³/mol. The van der Waals surface area contributed by atoms with Crippen molar-refractivity contribution in [2.45, 2.75) is 19.9 Å². The summed E-state index contributed by atoms with van der Waals surface area (Å²) >= 11 is 3.53. The molecule has 20 heavy (non-hydrogen) atoms. The van der Waals surface area contributed by atoms with Gasteiger partial charge in [0.2, 0.25) is 0 Å². The third-order valence-corrected chi connectivity index (χ3v) is 4.57. The van der Waals surface area contributed by atoms with E-state index in [0.717, 1.165) is 15.9 Å². The molecule has 0 amide bonds. The first kappa shape index (κ1) is 13.5. The molecule has 1 aliphatic heterocycles. The summed E-state index contributed by atoms with van der Waals surface area (Å²) in [6, 6.07) is 13.1. The number of hydrogen-bond donors (Lipinski definition) is 0. The number of halogens is 1. The van der Waals surface area contributed by atoms with Gasteiger partial charge in [0.1, 0.15) is 12.4 Å². The molecule has 104 valence electrons. The molecule has 0 fully saturated rings. The number of ether oxygens (including phenoxy) is 1. The minimum absolute atomic E-state index is 0.260. The van der Waals surface area contributed by atoms with Crippen molar-refractivity contribution in [3.8, 4) is 5.75 Å². The summed E-state index contributed by atoms with van der Waals surface area (Å²) in [5.41, 5.74) is 5.10. The lowest BCUT2D eigenvalue weighted by Gasteiger charge is -2.36. The number of aryl methyl sites for hydroxylation is 2. The summed E-state index contributed by atoms with van der Waals surface area (Å²) in [4.78, 5) is 2.30. The Bertz CT molecular complexity index is 653. The minimum atomic E-state index is 0.260. The van der Waals surface area contributed by atoms with E-state index >= 15 is 0 Å². The third kappa shape index (κ3) is 2.31. The number of rotatable bonds is 1. The van der Waals surface area contributed by atoms with Crippen molar-refractivity contribution in [1.82, 2.24) is 0 Å². The van der Waals surface area contributed by atoms with Crippen LogP contribution in [0.3, 0.4) is 0 Å². The molecule has 3 rings (SSSR count). The molecule has 0 bridgehead atoms. The Morgan fingerprint density at radius 1 is 1.10 bits per heavy atom. The topological polar surface area (TPSA) is 12.5 Å². The fraction of sp³-hybridized carbons (Fsp3) is 0.294. The van der Waals surface area contributed by atoms with Gasteiger partial charge in [0.15, 0.2) is 0 Å². The second kappa shape index (κ2) is 5.13. The van der Waals surface area contributed by atoms with Gasteiger partial charge in [0, 0.05) is 11.5 Å². The molecule has 1 atom stereocenters. The number of likely N-dealkylation sites (N-methyl/N-ethyl adjacent to an activating group) is 1. The van der Waals surface area contributed by atoms with Crippen molar-refractivity contribution >= 4 is 21.6 Å². The van der Waals surface area contributed by atoms with Crippen molar-refractivity contribution in [2.24, 2.45) is 0 Å². The maximum Gasteiger partial charge on any atom is 0.142 e. The van der Waals surface area contributed by atoms with E-state index in [0.29, 0.717) is 6.61 Å². The van der Waals surface area contributed by atoms with Crippen LogP contribution < -0.4 is 9.64 Å². The number of fused-ring (bicyclic) bond motifs is 1. The SMILES string of the molecule is Cc1ccc(C2COc3ccc(Br)cc3N2C)cc1C. The van der Waals surface area contributed by atoms with Gasteiger partial charge in [-0.3, -0.25) is 0 Å². The zero-order valence-electron chi connectivity index (χ0n) is 12.0. The Morgan fingerprint density at radius 3 is 2.65 bits per heavy atom. The van der Waals surface area contributed by atoms with Crippen LogP contribution in [-0.4, -0.2) is 13.7 Å². The van der Waals surface area contributed by atoms with Gasteiger partial charge >= 0.3 is 0 Å². The minimum Gasteiger partial charge on any atom is -0.489 e. The fourth-order valence-corrected chi connectivity index (χ4v) is 2.98. The van der Waals surface area contributed by atoms with Gasteiger partial charge in [-0.15, -0.1) is 0 Å². The van der Waals surface area contributed by atoms with E-state index in [1.807, 2.05) is 12.1 Å². The number of anilines is 1. The van der Waals surface area contributed by atoms with Crippen LogP contribution in [-0.2, 0) is 0 Å². The average molecular weight is 332 g/mol. The predicted octanol–water partition coefficient (Wildman–Crippen LogP) is 4.64. The van der Waals surface area contributed by atoms with Crippen molar-refractivity contribution in [3.05, 3.63) is 57.6 Å². The quantitative estimate of drug-likeness (QED) is 0.755. The van der Waals surface area contributed by atoms with Crippen LogP contribution in [0.25, 0.3) is 0 Å². The fourth-order valence-electron chi connectivity index (χ4n) is 2.63. The standard InChI is InChI=1S/C17H18BrNO/c1-11-4-5-13(8-12(11)2)16-10-20-17-7-6-14(18)9-15(17)19(16)3/h4-9,16H,10H2,1-3H3. The van der Waals surface area contributed by atoms with Gasteiger partial charge in [0.05, 0.1) is 11.7 Å². The number of hydrogen-bond acceptors (Lipinski definition) is 2. The number of nitrogens with zero attached hydrogens (tertiary/aromatic N) is 1. The average Bonchev–Trinajstić information content (AvgIpc) is 2.43. The lowest BCUT2D eigenvalue weighted by molar-refractivity contribution is 0.268. The van der Waals surface area contributed by atoms with E-state index in [4.69, 9.17) is 4.74 Å². The largest absolute Gasteiger partial charge is 0.489 e. The van der Waals surface area contributed by atoms with Crippen LogP contribution in [0.15, 0.2) is 40.9 Å². The van der Waals surface area contributed by atoms with Gasteiger partial charge in [-0.1, -0.05) is 34.1 Å². The van der Waals surface area contributed by atoms with Crippen LogP contribution >= 0.6 is 15.9 Å². The Labute approximate surface area is 128 Å². The second-order valence-corrected chi connectivity index (χ2v) is 6.31. The smallest absolute Gasteiger partial charge is 0.142 e. The van der Waals surface area contributed by atoms with Crippen molar-refractivity contribution in [2.75, 3.05) is 18.6 Å². The maximum atomic E-state index is 5.92. The van der Waals surface area contributed by atoms with Crippen LogP contribution in [0.4, 0.5) is 5.69 Å². The first-order chi connectivity index (χ1) is 9.56. The third-order valence-electron chi connectivity index (χ3n) is 4.08. The summed E-state index contributed by atoms with van der Waals surface area (Å²) in [5.74, 6) is 0.954. The molecule has 0 N–H and O–H groups in total. The molecule has 1 heterocycles. The Balaban J connectivity index is 1.98. The van der Waals surface area contributed by atoms with Crippen molar-refractivity contribution < 1.29 is 4.74 Å². The van der Waals surface area contributed by atoms with E-state index in [2.05, 4.69) is 66.0 Å². The van der Waals surface area contributed by atoms with Gasteiger partial charge < -0.3 is 9.64 Å². The van der Waals surface area contributed by atoms with Gasteiger partial charge in [-0.25, -0.2) is 0 Å². The molecule has 0 spiro atoms. The highest BCUT2D eigenvalue weighted by atomic mass is 79.9. The Kier molecular flexibility index (Phi) is 3.47. The molecule has 2 aromatic rings. The van der Waals surface area contributed by atoms with E-state index in [-0.39, 0.29) is 6.04 Å². The highest BCUT2D eigenvalue weighted by molar-refractivity contribution is 9.10. The first-order valence-corrected chi connectivity index (χ1v) is 7.58. The molecule has 0 saturated carbocycles. The lowest BCUT2D eigenvalue weighted by Crippen LogP contribution is -2.33. The molecule has 3 heteroatoms. The molecule has 0 radical (unpaired) electrons. The Hall–Kier alpha value is -1.48. The van der Waals surface area contributed by atoms with Gasteiger partial charge in [0.25, 0.3) is 0 Å². The second-order valence-electron chi connectivity index (χ2n) is 5.39. The molecular weight excluding hydrogens is 314 g/mol. The zero-order valence-corrected chi connectivity index (χ0v) is 13.6. The maximum absolute atomic E-state index is 5.92. The summed E-state index contributed by atoms with van der Waals surface area (Å²) in [6.07, 6.45) is 0. The van der Waals surface area contributed by atoms with Gasteiger partial charge in [-0.2, -0.15) is 0 Å². The highest BCUT2D eigenvalue weighted by Gasteiger charge is 2.26. The molecule has 2 nitrogen and oxygen atoms in total. The van der Waals surface area contributed by atoms with Crippen LogP contribution in [0, 0.1) is 13.8 Å². The molecule has 0 aliphatic carbocycles. The molecule has 1 unspecified atom stereocenters. The number of benzene rings is 2. The monoisotopic (exact) mass is 331 g/mol. The van der Waals surface area contributed by atoms with Crippen LogP contribution in [0.1, 0.15) is 22.7 Å². The van der Waals surface area contributed by atoms with E-state index in [1.165, 1.54) is 16.7 Å². The van der Waals surface area contributed by atoms with E-state index < -0.39 is 0 Å². The summed E-state index contributed by atoms with van der Waals surface area (Å²) in [7, 11) is 2.13. The van der Waals surface area contributed by atoms with E-state index in [9.17, 15) is 0 Å². The summed E-state index contributed by atoms with van der Waals surface area (Å²) < 4.78 is 7.00. The first-order valence-electron chi connectivity index (χ1n) is 6.78. The highest BCUT2D eigenvalue weighted by Crippen LogP contribution is 2.39. The Morgan fingerprint density at radius 2 is 1.90 bits per heavy atom. The van der Waals surface area contributed by atoms with E-state index in [1.54, 1.807) is 0 Å². The molecule has 2 aromatic carbocycles. The van der Waals surface area contributed by atoms with Crippen molar-refractivity contribution in [1.29, 1.82) is 0 Å². The molecular formula is C17H18BrNO. The zero-order chi connectivity index (χ0) is 14.3. The van der Waals surface area contributed by atoms with Crippen LogP contribution in [0.5, 0.6) is 5.75 Å². The molecule has 0 saturated heterocycles. The molecule has 1 aliphatic rings.